The Balaban J connectivity index is 2.17. The maximum absolute atomic E-state index is 11.9. The van der Waals surface area contributed by atoms with Gasteiger partial charge >= 0.3 is 0 Å². The van der Waals surface area contributed by atoms with Crippen LogP contribution in [0.5, 0.6) is 0 Å². The van der Waals surface area contributed by atoms with E-state index in [1.165, 1.54) is 17.5 Å². The van der Waals surface area contributed by atoms with E-state index in [-0.39, 0.29) is 5.92 Å². The first kappa shape index (κ1) is 10.4. The molecule has 1 nitrogen and oxygen atoms in total. The Morgan fingerprint density at radius 2 is 1.80 bits per heavy atom. The van der Waals surface area contributed by atoms with E-state index >= 15 is 0 Å². The molecule has 2 rings (SSSR count). The number of ketones is 1. The molecule has 1 fully saturated rings. The Hall–Kier alpha value is -1.11. The SMILES string of the molecule is Cc1ccc([C@@H]2CC[C@@H](C)CC2=O)cc1. The van der Waals surface area contributed by atoms with Crippen molar-refractivity contribution in [2.75, 3.05) is 0 Å². The van der Waals surface area contributed by atoms with Gasteiger partial charge < -0.3 is 0 Å². The van der Waals surface area contributed by atoms with Crippen molar-refractivity contribution in [1.82, 2.24) is 0 Å². The zero-order valence-corrected chi connectivity index (χ0v) is 9.49. The zero-order chi connectivity index (χ0) is 10.8. The van der Waals surface area contributed by atoms with E-state index in [4.69, 9.17) is 0 Å². The standard InChI is InChI=1S/C14H18O/c1-10-3-6-12(7-4-10)13-8-5-11(2)9-14(13)15/h3-4,6-7,11,13H,5,8-9H2,1-2H3/t11-,13+/m1/s1. The summed E-state index contributed by atoms with van der Waals surface area (Å²) >= 11 is 0. The van der Waals surface area contributed by atoms with Crippen molar-refractivity contribution in [3.63, 3.8) is 0 Å². The van der Waals surface area contributed by atoms with Gasteiger partial charge in [0.05, 0.1) is 0 Å². The minimum absolute atomic E-state index is 0.168. The molecule has 0 amide bonds. The lowest BCUT2D eigenvalue weighted by molar-refractivity contribution is -0.123. The van der Waals surface area contributed by atoms with Gasteiger partial charge in [-0.1, -0.05) is 36.8 Å². The predicted molar refractivity (Wildman–Crippen MR) is 61.9 cm³/mol. The summed E-state index contributed by atoms with van der Waals surface area (Å²) in [7, 11) is 0. The number of rotatable bonds is 1. The van der Waals surface area contributed by atoms with E-state index < -0.39 is 0 Å². The second-order valence-electron chi connectivity index (χ2n) is 4.82. The molecule has 1 aromatic rings. The van der Waals surface area contributed by atoms with Crippen molar-refractivity contribution >= 4 is 5.78 Å². The van der Waals surface area contributed by atoms with Gasteiger partial charge in [-0.05, 0) is 31.2 Å². The topological polar surface area (TPSA) is 17.1 Å². The molecule has 1 heteroatoms. The fraction of sp³-hybridized carbons (Fsp3) is 0.500. The van der Waals surface area contributed by atoms with Gasteiger partial charge in [-0.15, -0.1) is 0 Å². The molecule has 0 N–H and O–H groups in total. The molecule has 0 aromatic heterocycles. The Morgan fingerprint density at radius 3 is 2.40 bits per heavy atom. The van der Waals surface area contributed by atoms with Crippen LogP contribution in [0.4, 0.5) is 0 Å². The fourth-order valence-electron chi connectivity index (χ4n) is 2.35. The summed E-state index contributed by atoms with van der Waals surface area (Å²) < 4.78 is 0. The summed E-state index contributed by atoms with van der Waals surface area (Å²) in [4.78, 5) is 11.9. The number of hydrogen-bond donors (Lipinski definition) is 0. The number of Topliss-reactive ketones (excluding diaryl/α,β-unsaturated/α-hetero) is 1. The van der Waals surface area contributed by atoms with Crippen molar-refractivity contribution in [2.45, 2.75) is 39.0 Å². The lowest BCUT2D eigenvalue weighted by atomic mass is 9.78. The van der Waals surface area contributed by atoms with Gasteiger partial charge in [-0.25, -0.2) is 0 Å². The Kier molecular flexibility index (Phi) is 2.90. The quantitative estimate of drug-likeness (QED) is 0.681. The third kappa shape index (κ3) is 2.28. The van der Waals surface area contributed by atoms with E-state index in [2.05, 4.69) is 38.1 Å². The average molecular weight is 202 g/mol. The second kappa shape index (κ2) is 4.18. The average Bonchev–Trinajstić information content (AvgIpc) is 2.20. The van der Waals surface area contributed by atoms with Gasteiger partial charge in [0.2, 0.25) is 0 Å². The monoisotopic (exact) mass is 202 g/mol. The number of carbonyl (C=O) groups is 1. The molecule has 0 aliphatic heterocycles. The van der Waals surface area contributed by atoms with Crippen molar-refractivity contribution < 1.29 is 4.79 Å². The molecular formula is C14H18O. The minimum Gasteiger partial charge on any atom is -0.299 e. The highest BCUT2D eigenvalue weighted by molar-refractivity contribution is 5.86. The Labute approximate surface area is 91.5 Å². The van der Waals surface area contributed by atoms with Crippen LogP contribution < -0.4 is 0 Å². The predicted octanol–water partition coefficient (Wildman–Crippen LogP) is 3.47. The van der Waals surface area contributed by atoms with Crippen molar-refractivity contribution in [2.24, 2.45) is 5.92 Å². The molecule has 1 aliphatic rings. The highest BCUT2D eigenvalue weighted by Crippen LogP contribution is 2.32. The first-order valence-corrected chi connectivity index (χ1v) is 5.76. The van der Waals surface area contributed by atoms with Crippen LogP contribution in [-0.4, -0.2) is 5.78 Å². The van der Waals surface area contributed by atoms with Gasteiger partial charge in [0.1, 0.15) is 5.78 Å². The number of aryl methyl sites for hydroxylation is 1. The molecule has 2 atom stereocenters. The smallest absolute Gasteiger partial charge is 0.140 e. The van der Waals surface area contributed by atoms with E-state index in [0.29, 0.717) is 11.7 Å². The molecular weight excluding hydrogens is 184 g/mol. The van der Waals surface area contributed by atoms with E-state index in [9.17, 15) is 4.79 Å². The number of benzene rings is 1. The molecule has 0 radical (unpaired) electrons. The molecule has 15 heavy (non-hydrogen) atoms. The van der Waals surface area contributed by atoms with E-state index in [1.54, 1.807) is 0 Å². The molecule has 1 aromatic carbocycles. The van der Waals surface area contributed by atoms with Crippen LogP contribution in [0.1, 0.15) is 43.2 Å². The highest BCUT2D eigenvalue weighted by atomic mass is 16.1. The number of hydrogen-bond acceptors (Lipinski definition) is 1. The molecule has 80 valence electrons. The second-order valence-corrected chi connectivity index (χ2v) is 4.82. The summed E-state index contributed by atoms with van der Waals surface area (Å²) in [6.45, 7) is 4.25. The van der Waals surface area contributed by atoms with Gasteiger partial charge in [-0.2, -0.15) is 0 Å². The third-order valence-electron chi connectivity index (χ3n) is 3.37. The summed E-state index contributed by atoms with van der Waals surface area (Å²) in [6.07, 6.45) is 2.98. The first-order chi connectivity index (χ1) is 7.16. The lowest BCUT2D eigenvalue weighted by Crippen LogP contribution is -2.21. The molecule has 0 bridgehead atoms. The summed E-state index contributed by atoms with van der Waals surface area (Å²) in [5.41, 5.74) is 2.47. The van der Waals surface area contributed by atoms with Crippen LogP contribution in [0.2, 0.25) is 0 Å². The molecule has 1 saturated carbocycles. The number of carbonyl (C=O) groups excluding carboxylic acids is 1. The van der Waals surface area contributed by atoms with Gasteiger partial charge in [-0.3, -0.25) is 4.79 Å². The van der Waals surface area contributed by atoms with Crippen LogP contribution in [0.15, 0.2) is 24.3 Å². The van der Waals surface area contributed by atoms with Crippen molar-refractivity contribution in [3.05, 3.63) is 35.4 Å². The van der Waals surface area contributed by atoms with Crippen molar-refractivity contribution in [1.29, 1.82) is 0 Å². The summed E-state index contributed by atoms with van der Waals surface area (Å²) in [5.74, 6) is 1.18. The van der Waals surface area contributed by atoms with Crippen molar-refractivity contribution in [3.8, 4) is 0 Å². The van der Waals surface area contributed by atoms with Gasteiger partial charge in [0.15, 0.2) is 0 Å². The largest absolute Gasteiger partial charge is 0.299 e. The molecule has 0 unspecified atom stereocenters. The fourth-order valence-corrected chi connectivity index (χ4v) is 2.35. The lowest BCUT2D eigenvalue weighted by Gasteiger charge is -2.25. The normalized spacial score (nSPS) is 26.7. The van der Waals surface area contributed by atoms with Gasteiger partial charge in [0, 0.05) is 12.3 Å². The molecule has 0 spiro atoms. The maximum Gasteiger partial charge on any atom is 0.140 e. The minimum atomic E-state index is 0.168. The maximum atomic E-state index is 11.9. The van der Waals surface area contributed by atoms with Crippen LogP contribution >= 0.6 is 0 Å². The highest BCUT2D eigenvalue weighted by Gasteiger charge is 2.27. The van der Waals surface area contributed by atoms with Crippen LogP contribution in [0, 0.1) is 12.8 Å². The summed E-state index contributed by atoms with van der Waals surface area (Å²) in [6, 6.07) is 8.41. The van der Waals surface area contributed by atoms with E-state index in [0.717, 1.165) is 12.8 Å². The third-order valence-corrected chi connectivity index (χ3v) is 3.37. The first-order valence-electron chi connectivity index (χ1n) is 5.76. The zero-order valence-electron chi connectivity index (χ0n) is 9.49. The van der Waals surface area contributed by atoms with Gasteiger partial charge in [0.25, 0.3) is 0 Å². The Bertz CT molecular complexity index is 350. The Morgan fingerprint density at radius 1 is 1.13 bits per heavy atom. The van der Waals surface area contributed by atoms with E-state index in [1.807, 2.05) is 0 Å². The van der Waals surface area contributed by atoms with Crippen LogP contribution in [0.3, 0.4) is 0 Å². The summed E-state index contributed by atoms with van der Waals surface area (Å²) in [5, 5.41) is 0. The molecule has 0 heterocycles. The van der Waals surface area contributed by atoms with Crippen LogP contribution in [-0.2, 0) is 4.79 Å². The molecule has 1 aliphatic carbocycles. The molecule has 0 saturated heterocycles. The van der Waals surface area contributed by atoms with Crippen LogP contribution in [0.25, 0.3) is 0 Å².